The second-order valence-corrected chi connectivity index (χ2v) is 11.6. The molecule has 5 rings (SSSR count). The van der Waals surface area contributed by atoms with E-state index >= 15 is 4.39 Å². The van der Waals surface area contributed by atoms with Crippen LogP contribution in [0.15, 0.2) is 71.7 Å². The lowest BCUT2D eigenvalue weighted by Gasteiger charge is -2.33. The second-order valence-electron chi connectivity index (χ2n) is 10.7. The Hall–Kier alpha value is -3.77. The molecule has 41 heavy (non-hydrogen) atoms. The van der Waals surface area contributed by atoms with Crippen LogP contribution >= 0.6 is 8.58 Å². The van der Waals surface area contributed by atoms with Gasteiger partial charge in [-0.25, -0.2) is 4.39 Å². The molecular weight excluding hydrogens is 532 g/mol. The number of nitrogens with zero attached hydrogens (tertiary/aromatic N) is 5. The summed E-state index contributed by atoms with van der Waals surface area (Å²) in [6.07, 6.45) is 3.56. The lowest BCUT2D eigenvalue weighted by Crippen LogP contribution is -2.38. The molecule has 2 fully saturated rings. The van der Waals surface area contributed by atoms with E-state index < -0.39 is 0 Å². The highest BCUT2D eigenvalue weighted by atomic mass is 31.1. The van der Waals surface area contributed by atoms with Gasteiger partial charge in [0.05, 0.1) is 34.8 Å². The van der Waals surface area contributed by atoms with Crippen LogP contribution in [0.5, 0.6) is 5.75 Å². The van der Waals surface area contributed by atoms with Gasteiger partial charge in [-0.3, -0.25) is 9.89 Å². The van der Waals surface area contributed by atoms with Gasteiger partial charge < -0.3 is 9.64 Å². The summed E-state index contributed by atoms with van der Waals surface area (Å²) in [5.74, 6) is -0.0271. The fourth-order valence-corrected chi connectivity index (χ4v) is 6.27. The number of halogens is 1. The van der Waals surface area contributed by atoms with Gasteiger partial charge in [-0.2, -0.15) is 10.5 Å². The van der Waals surface area contributed by atoms with E-state index in [1.165, 1.54) is 5.56 Å². The van der Waals surface area contributed by atoms with Crippen molar-refractivity contribution in [2.24, 2.45) is 4.99 Å². The van der Waals surface area contributed by atoms with Crippen LogP contribution in [0.4, 0.5) is 10.1 Å². The van der Waals surface area contributed by atoms with Crippen molar-refractivity contribution in [3.05, 3.63) is 94.8 Å². The molecule has 1 unspecified atom stereocenters. The Labute approximate surface area is 243 Å². The van der Waals surface area contributed by atoms with Gasteiger partial charge in [0, 0.05) is 56.8 Å². The zero-order valence-electron chi connectivity index (χ0n) is 23.4. The maximum absolute atomic E-state index is 15.2. The van der Waals surface area contributed by atoms with Crippen LogP contribution in [0.2, 0.25) is 0 Å². The Morgan fingerprint density at radius 3 is 2.12 bits per heavy atom. The first-order chi connectivity index (χ1) is 20.0. The maximum atomic E-state index is 15.2. The predicted molar refractivity (Wildman–Crippen MR) is 164 cm³/mol. The minimum absolute atomic E-state index is 0.0272. The average Bonchev–Trinajstić information content (AvgIpc) is 3.02. The van der Waals surface area contributed by atoms with Crippen LogP contribution in [0.1, 0.15) is 47.9 Å². The van der Waals surface area contributed by atoms with Crippen molar-refractivity contribution in [2.45, 2.75) is 44.4 Å². The van der Waals surface area contributed by atoms with Crippen molar-refractivity contribution in [1.29, 1.82) is 10.5 Å². The number of ether oxygens (including phenoxy) is 1. The normalized spacial score (nSPS) is 17.5. The summed E-state index contributed by atoms with van der Waals surface area (Å²) in [4.78, 5) is 9.77. The Kier molecular flexibility index (Phi) is 9.63. The highest BCUT2D eigenvalue weighted by Crippen LogP contribution is 2.28. The molecule has 0 aromatic heterocycles. The van der Waals surface area contributed by atoms with E-state index in [0.717, 1.165) is 75.1 Å². The van der Waals surface area contributed by atoms with Gasteiger partial charge in [0.2, 0.25) is 0 Å². The van der Waals surface area contributed by atoms with Crippen molar-refractivity contribution in [2.75, 3.05) is 37.7 Å². The number of piperidine rings is 2. The molecule has 0 spiro atoms. The molecule has 2 aliphatic heterocycles. The van der Waals surface area contributed by atoms with Gasteiger partial charge in [-0.15, -0.1) is 0 Å². The molecule has 0 bridgehead atoms. The number of nitriles is 2. The fraction of sp³-hybridized carbons (Fsp3) is 0.364. The van der Waals surface area contributed by atoms with E-state index in [2.05, 4.69) is 28.6 Å². The molecule has 1 atom stereocenters. The van der Waals surface area contributed by atoms with Gasteiger partial charge in [0.25, 0.3) is 0 Å². The third-order valence-electron chi connectivity index (χ3n) is 7.90. The molecule has 0 N–H and O–H groups in total. The molecule has 6 nitrogen and oxygen atoms in total. The van der Waals surface area contributed by atoms with Crippen molar-refractivity contribution < 1.29 is 9.13 Å². The Bertz CT molecular complexity index is 1430. The van der Waals surface area contributed by atoms with E-state index in [-0.39, 0.29) is 18.0 Å². The summed E-state index contributed by atoms with van der Waals surface area (Å²) >= 11 is 0. The largest absolute Gasteiger partial charge is 0.487 e. The predicted octanol–water partition coefficient (Wildman–Crippen LogP) is 6.34. The van der Waals surface area contributed by atoms with Crippen LogP contribution in [-0.2, 0) is 6.54 Å². The zero-order chi connectivity index (χ0) is 28.6. The van der Waals surface area contributed by atoms with Crippen LogP contribution in [0.3, 0.4) is 0 Å². The summed E-state index contributed by atoms with van der Waals surface area (Å²) in [6.45, 7) is 6.58. The highest BCUT2D eigenvalue weighted by Gasteiger charge is 2.23. The van der Waals surface area contributed by atoms with Gasteiger partial charge >= 0.3 is 0 Å². The number of aliphatic imine (C=N–C) groups is 1. The number of anilines is 1. The third kappa shape index (κ3) is 7.50. The quantitative estimate of drug-likeness (QED) is 0.235. The van der Waals surface area contributed by atoms with Crippen LogP contribution in [-0.4, -0.2) is 55.3 Å². The fourth-order valence-electron chi connectivity index (χ4n) is 5.52. The van der Waals surface area contributed by atoms with Crippen molar-refractivity contribution in [1.82, 2.24) is 4.90 Å². The molecular formula is C33H35FN5OP. The number of hydrogen-bond acceptors (Lipinski definition) is 6. The van der Waals surface area contributed by atoms with Crippen molar-refractivity contribution in [3.8, 4) is 17.9 Å². The molecule has 0 saturated carbocycles. The third-order valence-corrected chi connectivity index (χ3v) is 8.79. The molecule has 2 saturated heterocycles. The van der Waals surface area contributed by atoms with Crippen molar-refractivity contribution >= 4 is 19.7 Å². The lowest BCUT2D eigenvalue weighted by molar-refractivity contribution is 0.164. The summed E-state index contributed by atoms with van der Waals surface area (Å²) in [5, 5.41) is 18.0. The summed E-state index contributed by atoms with van der Waals surface area (Å²) < 4.78 is 21.3. The van der Waals surface area contributed by atoms with E-state index in [1.807, 2.05) is 54.6 Å². The van der Waals surface area contributed by atoms with E-state index in [4.69, 9.17) is 20.3 Å². The molecule has 8 heteroatoms. The van der Waals surface area contributed by atoms with Crippen LogP contribution in [0.25, 0.3) is 0 Å². The topological polar surface area (TPSA) is 75.7 Å². The summed E-state index contributed by atoms with van der Waals surface area (Å²) in [5.41, 5.74) is 5.47. The molecule has 0 radical (unpaired) electrons. The Balaban J connectivity index is 1.13. The van der Waals surface area contributed by atoms with E-state index in [0.29, 0.717) is 25.5 Å². The molecule has 3 aromatic carbocycles. The van der Waals surface area contributed by atoms with Gasteiger partial charge in [0.1, 0.15) is 6.10 Å². The lowest BCUT2D eigenvalue weighted by atomic mass is 10.0. The van der Waals surface area contributed by atoms with E-state index in [9.17, 15) is 0 Å². The number of likely N-dealkylation sites (tertiary alicyclic amines) is 1. The Morgan fingerprint density at radius 1 is 0.902 bits per heavy atom. The van der Waals surface area contributed by atoms with Gasteiger partial charge in [-0.1, -0.05) is 20.7 Å². The summed E-state index contributed by atoms with van der Waals surface area (Å²) in [6, 6.07) is 25.3. The number of benzene rings is 3. The molecule has 0 amide bonds. The minimum atomic E-state index is -0.333. The molecule has 210 valence electrons. The molecule has 2 heterocycles. The SMILES string of the molecule is CPC(=NC1CCN(Cc2ccc(C#N)cc2)CC1)c1ccc(OC2CCN(c3ccc(C#N)cc3)CC2)c(F)c1. The maximum Gasteiger partial charge on any atom is 0.165 e. The van der Waals surface area contributed by atoms with E-state index in [1.54, 1.807) is 12.1 Å². The summed E-state index contributed by atoms with van der Waals surface area (Å²) in [7, 11) is 0.481. The van der Waals surface area contributed by atoms with Crippen LogP contribution < -0.4 is 9.64 Å². The molecule has 0 aliphatic carbocycles. The average molecular weight is 568 g/mol. The molecule has 3 aromatic rings. The van der Waals surface area contributed by atoms with Gasteiger partial charge in [-0.05, 0) is 79.7 Å². The Morgan fingerprint density at radius 2 is 1.54 bits per heavy atom. The number of rotatable bonds is 8. The highest BCUT2D eigenvalue weighted by molar-refractivity contribution is 7.58. The monoisotopic (exact) mass is 567 g/mol. The first-order valence-corrected chi connectivity index (χ1v) is 15.7. The molecule has 2 aliphatic rings. The first kappa shape index (κ1) is 28.7. The first-order valence-electron chi connectivity index (χ1n) is 14.2. The number of hydrogen-bond donors (Lipinski definition) is 0. The smallest absolute Gasteiger partial charge is 0.165 e. The minimum Gasteiger partial charge on any atom is -0.487 e. The van der Waals surface area contributed by atoms with Crippen LogP contribution in [0, 0.1) is 28.5 Å². The van der Waals surface area contributed by atoms with Crippen molar-refractivity contribution in [3.63, 3.8) is 0 Å². The standard InChI is InChI=1S/C33H35FN5OP/c1-41-33(37-28-12-16-38(17-13-28)23-26-4-2-24(21-35)3-5-26)27-8-11-32(31(34)20-27)40-30-14-18-39(19-15-30)29-9-6-25(22-36)7-10-29/h2-11,20,28,30,41H,12-19,23H2,1H3. The zero-order valence-corrected chi connectivity index (χ0v) is 24.4. The van der Waals surface area contributed by atoms with Gasteiger partial charge in [0.15, 0.2) is 11.6 Å². The second kappa shape index (κ2) is 13.7.